The minimum Gasteiger partial charge on any atom is -0.480 e. The molecular formula is C13H25NO2. The SMILES string of the molecule is CCC1CCCCC1(NCC(C)C)C(=O)O. The number of carbonyl (C=O) groups is 1. The van der Waals surface area contributed by atoms with E-state index in [0.29, 0.717) is 5.92 Å². The van der Waals surface area contributed by atoms with Crippen molar-refractivity contribution < 1.29 is 9.90 Å². The molecule has 0 spiro atoms. The van der Waals surface area contributed by atoms with Crippen LogP contribution in [0, 0.1) is 11.8 Å². The van der Waals surface area contributed by atoms with Crippen LogP contribution in [0.5, 0.6) is 0 Å². The molecule has 1 aliphatic carbocycles. The minimum absolute atomic E-state index is 0.289. The summed E-state index contributed by atoms with van der Waals surface area (Å²) in [6.45, 7) is 7.13. The lowest BCUT2D eigenvalue weighted by molar-refractivity contribution is -0.149. The van der Waals surface area contributed by atoms with E-state index in [1.54, 1.807) is 0 Å². The zero-order chi connectivity index (χ0) is 12.2. The van der Waals surface area contributed by atoms with Crippen molar-refractivity contribution >= 4 is 5.97 Å². The van der Waals surface area contributed by atoms with Crippen molar-refractivity contribution in [3.8, 4) is 0 Å². The molecule has 0 amide bonds. The quantitative estimate of drug-likeness (QED) is 0.759. The van der Waals surface area contributed by atoms with Crippen molar-refractivity contribution in [2.45, 2.75) is 58.4 Å². The van der Waals surface area contributed by atoms with Gasteiger partial charge in [-0.05, 0) is 31.2 Å². The second-order valence-electron chi connectivity index (χ2n) is 5.40. The zero-order valence-electron chi connectivity index (χ0n) is 10.8. The fourth-order valence-electron chi connectivity index (χ4n) is 2.77. The summed E-state index contributed by atoms with van der Waals surface area (Å²) >= 11 is 0. The van der Waals surface area contributed by atoms with Crippen molar-refractivity contribution in [1.82, 2.24) is 5.32 Å². The Balaban J connectivity index is 2.79. The highest BCUT2D eigenvalue weighted by Gasteiger charge is 2.45. The third-order valence-electron chi connectivity index (χ3n) is 3.77. The standard InChI is InChI=1S/C13H25NO2/c1-4-11-7-5-6-8-13(11,12(15)16)14-9-10(2)3/h10-11,14H,4-9H2,1-3H3,(H,15,16). The van der Waals surface area contributed by atoms with E-state index in [2.05, 4.69) is 26.1 Å². The lowest BCUT2D eigenvalue weighted by atomic mass is 9.71. The van der Waals surface area contributed by atoms with E-state index in [0.717, 1.165) is 32.2 Å². The molecule has 3 nitrogen and oxygen atoms in total. The van der Waals surface area contributed by atoms with Crippen LogP contribution >= 0.6 is 0 Å². The average molecular weight is 227 g/mol. The maximum atomic E-state index is 11.6. The van der Waals surface area contributed by atoms with Gasteiger partial charge in [-0.3, -0.25) is 4.79 Å². The van der Waals surface area contributed by atoms with Crippen LogP contribution in [0.1, 0.15) is 52.9 Å². The largest absolute Gasteiger partial charge is 0.480 e. The Hall–Kier alpha value is -0.570. The minimum atomic E-state index is -0.655. The molecule has 1 fully saturated rings. The Labute approximate surface area is 98.6 Å². The normalized spacial score (nSPS) is 30.6. The number of hydrogen-bond donors (Lipinski definition) is 2. The molecular weight excluding hydrogens is 202 g/mol. The first-order chi connectivity index (χ1) is 7.53. The Kier molecular flexibility index (Phi) is 4.78. The van der Waals surface area contributed by atoms with E-state index in [4.69, 9.17) is 0 Å². The van der Waals surface area contributed by atoms with Gasteiger partial charge in [-0.25, -0.2) is 0 Å². The van der Waals surface area contributed by atoms with Crippen LogP contribution in [-0.2, 0) is 4.79 Å². The molecule has 0 radical (unpaired) electrons. The molecule has 2 unspecified atom stereocenters. The number of carboxylic acid groups (broad SMARTS) is 1. The van der Waals surface area contributed by atoms with Gasteiger partial charge in [0.2, 0.25) is 0 Å². The van der Waals surface area contributed by atoms with E-state index in [-0.39, 0.29) is 5.92 Å². The van der Waals surface area contributed by atoms with Crippen molar-refractivity contribution in [3.05, 3.63) is 0 Å². The summed E-state index contributed by atoms with van der Waals surface area (Å²) in [6.07, 6.45) is 5.00. The molecule has 3 heteroatoms. The second-order valence-corrected chi connectivity index (χ2v) is 5.40. The van der Waals surface area contributed by atoms with Crippen LogP contribution in [0.15, 0.2) is 0 Å². The monoisotopic (exact) mass is 227 g/mol. The van der Waals surface area contributed by atoms with Gasteiger partial charge in [0, 0.05) is 0 Å². The van der Waals surface area contributed by atoms with Crippen LogP contribution in [0.3, 0.4) is 0 Å². The fraction of sp³-hybridized carbons (Fsp3) is 0.923. The molecule has 16 heavy (non-hydrogen) atoms. The van der Waals surface area contributed by atoms with E-state index in [9.17, 15) is 9.90 Å². The summed E-state index contributed by atoms with van der Waals surface area (Å²) in [5, 5.41) is 12.9. The summed E-state index contributed by atoms with van der Waals surface area (Å²) in [4.78, 5) is 11.6. The van der Waals surface area contributed by atoms with Crippen LogP contribution < -0.4 is 5.32 Å². The van der Waals surface area contributed by atoms with Crippen LogP contribution in [0.2, 0.25) is 0 Å². The average Bonchev–Trinajstić information content (AvgIpc) is 2.26. The molecule has 1 rings (SSSR count). The first kappa shape index (κ1) is 13.5. The Morgan fingerprint density at radius 1 is 1.50 bits per heavy atom. The number of hydrogen-bond acceptors (Lipinski definition) is 2. The number of carboxylic acids is 1. The van der Waals surface area contributed by atoms with Gasteiger partial charge in [-0.2, -0.15) is 0 Å². The highest BCUT2D eigenvalue weighted by molar-refractivity contribution is 5.79. The van der Waals surface area contributed by atoms with Crippen LogP contribution in [0.25, 0.3) is 0 Å². The van der Waals surface area contributed by atoms with Crippen molar-refractivity contribution in [1.29, 1.82) is 0 Å². The highest BCUT2D eigenvalue weighted by atomic mass is 16.4. The van der Waals surface area contributed by atoms with Gasteiger partial charge in [0.1, 0.15) is 5.54 Å². The maximum Gasteiger partial charge on any atom is 0.324 e. The van der Waals surface area contributed by atoms with Gasteiger partial charge in [0.05, 0.1) is 0 Å². The second kappa shape index (κ2) is 5.67. The Morgan fingerprint density at radius 3 is 2.69 bits per heavy atom. The molecule has 0 aromatic rings. The molecule has 0 heterocycles. The van der Waals surface area contributed by atoms with Gasteiger partial charge in [-0.15, -0.1) is 0 Å². The number of nitrogens with one attached hydrogen (secondary N) is 1. The molecule has 0 aromatic carbocycles. The summed E-state index contributed by atoms with van der Waals surface area (Å²) in [7, 11) is 0. The summed E-state index contributed by atoms with van der Waals surface area (Å²) < 4.78 is 0. The predicted octanol–water partition coefficient (Wildman–Crippen LogP) is 2.66. The number of rotatable bonds is 5. The van der Waals surface area contributed by atoms with Crippen molar-refractivity contribution in [2.24, 2.45) is 11.8 Å². The predicted molar refractivity (Wildman–Crippen MR) is 65.5 cm³/mol. The molecule has 0 saturated heterocycles. The zero-order valence-corrected chi connectivity index (χ0v) is 10.8. The van der Waals surface area contributed by atoms with Crippen LogP contribution in [-0.4, -0.2) is 23.2 Å². The molecule has 0 bridgehead atoms. The summed E-state index contributed by atoms with van der Waals surface area (Å²) in [5.74, 6) is 0.132. The molecule has 1 saturated carbocycles. The third-order valence-corrected chi connectivity index (χ3v) is 3.77. The van der Waals surface area contributed by atoms with Gasteiger partial charge < -0.3 is 10.4 Å². The highest BCUT2D eigenvalue weighted by Crippen LogP contribution is 2.36. The Bertz CT molecular complexity index is 240. The summed E-state index contributed by atoms with van der Waals surface area (Å²) in [6, 6.07) is 0. The summed E-state index contributed by atoms with van der Waals surface area (Å²) in [5.41, 5.74) is -0.655. The number of aliphatic carboxylic acids is 1. The van der Waals surface area contributed by atoms with Gasteiger partial charge in [-0.1, -0.05) is 40.0 Å². The smallest absolute Gasteiger partial charge is 0.324 e. The molecule has 0 aliphatic heterocycles. The van der Waals surface area contributed by atoms with Crippen LogP contribution in [0.4, 0.5) is 0 Å². The topological polar surface area (TPSA) is 49.3 Å². The maximum absolute atomic E-state index is 11.6. The first-order valence-electron chi connectivity index (χ1n) is 6.51. The van der Waals surface area contributed by atoms with Gasteiger partial charge in [0.15, 0.2) is 0 Å². The molecule has 2 N–H and O–H groups in total. The first-order valence-corrected chi connectivity index (χ1v) is 6.51. The van der Waals surface area contributed by atoms with E-state index in [1.165, 1.54) is 6.42 Å². The van der Waals surface area contributed by atoms with Crippen molar-refractivity contribution in [2.75, 3.05) is 6.54 Å². The molecule has 0 aromatic heterocycles. The fourth-order valence-corrected chi connectivity index (χ4v) is 2.77. The van der Waals surface area contributed by atoms with Crippen molar-refractivity contribution in [3.63, 3.8) is 0 Å². The van der Waals surface area contributed by atoms with Gasteiger partial charge in [0.25, 0.3) is 0 Å². The molecule has 94 valence electrons. The van der Waals surface area contributed by atoms with Gasteiger partial charge >= 0.3 is 5.97 Å². The lowest BCUT2D eigenvalue weighted by Gasteiger charge is -2.41. The molecule has 1 aliphatic rings. The Morgan fingerprint density at radius 2 is 2.19 bits per heavy atom. The van der Waals surface area contributed by atoms with E-state index < -0.39 is 11.5 Å². The third kappa shape index (κ3) is 2.76. The lowest BCUT2D eigenvalue weighted by Crippen LogP contribution is -2.59. The molecule has 2 atom stereocenters. The van der Waals surface area contributed by atoms with E-state index >= 15 is 0 Å². The van der Waals surface area contributed by atoms with E-state index in [1.807, 2.05) is 0 Å².